The van der Waals surface area contributed by atoms with Gasteiger partial charge in [0, 0.05) is 6.07 Å². The number of fused-ring (bicyclic) bond motifs is 1. The summed E-state index contributed by atoms with van der Waals surface area (Å²) < 4.78 is 12.5. The molecule has 0 bridgehead atoms. The average molecular weight is 166 g/mol. The van der Waals surface area contributed by atoms with Crippen molar-refractivity contribution >= 4 is 17.3 Å². The van der Waals surface area contributed by atoms with Crippen LogP contribution in [0.1, 0.15) is 0 Å². The minimum atomic E-state index is -0.313. The van der Waals surface area contributed by atoms with E-state index in [9.17, 15) is 4.39 Å². The van der Waals surface area contributed by atoms with Crippen LogP contribution in [0.2, 0.25) is 0 Å². The SMILES string of the molecule is Fc1ccc2c(c1)=NC(=S)N=2. The maximum absolute atomic E-state index is 12.5. The summed E-state index contributed by atoms with van der Waals surface area (Å²) in [6.07, 6.45) is 0. The molecule has 0 atom stereocenters. The lowest BCUT2D eigenvalue weighted by Crippen LogP contribution is -2.21. The molecule has 1 aliphatic rings. The van der Waals surface area contributed by atoms with E-state index in [1.807, 2.05) is 0 Å². The van der Waals surface area contributed by atoms with Crippen molar-refractivity contribution in [3.05, 3.63) is 34.7 Å². The van der Waals surface area contributed by atoms with Crippen molar-refractivity contribution in [2.45, 2.75) is 0 Å². The first-order valence-electron chi connectivity index (χ1n) is 3.03. The molecule has 0 amide bonds. The molecule has 0 unspecified atom stereocenters. The summed E-state index contributed by atoms with van der Waals surface area (Å²) in [4.78, 5) is 7.73. The van der Waals surface area contributed by atoms with Crippen molar-refractivity contribution in [1.29, 1.82) is 0 Å². The standard InChI is InChI=1S/C7H3FN2S/c8-4-1-2-5-6(3-4)10-7(11)9-5/h1-3H. The van der Waals surface area contributed by atoms with E-state index in [1.165, 1.54) is 12.1 Å². The van der Waals surface area contributed by atoms with Crippen molar-refractivity contribution in [1.82, 2.24) is 0 Å². The Balaban J connectivity index is 2.89. The minimum absolute atomic E-state index is 0.269. The second-order valence-corrected chi connectivity index (χ2v) is 2.50. The van der Waals surface area contributed by atoms with Crippen molar-refractivity contribution in [3.8, 4) is 0 Å². The maximum Gasteiger partial charge on any atom is 0.220 e. The smallest absolute Gasteiger partial charge is 0.217 e. The van der Waals surface area contributed by atoms with Gasteiger partial charge in [0.1, 0.15) is 5.82 Å². The average Bonchev–Trinajstić information content (AvgIpc) is 2.27. The van der Waals surface area contributed by atoms with Crippen LogP contribution in [0.5, 0.6) is 0 Å². The minimum Gasteiger partial charge on any atom is -0.217 e. The zero-order valence-electron chi connectivity index (χ0n) is 5.41. The third-order valence-corrected chi connectivity index (χ3v) is 1.55. The normalized spacial score (nSPS) is 13.7. The maximum atomic E-state index is 12.5. The van der Waals surface area contributed by atoms with Crippen LogP contribution < -0.4 is 10.7 Å². The van der Waals surface area contributed by atoms with Gasteiger partial charge < -0.3 is 0 Å². The summed E-state index contributed by atoms with van der Waals surface area (Å²) >= 11 is 4.71. The van der Waals surface area contributed by atoms with E-state index in [1.54, 1.807) is 6.07 Å². The monoisotopic (exact) mass is 166 g/mol. The molecule has 11 heavy (non-hydrogen) atoms. The molecule has 0 aromatic heterocycles. The molecule has 4 heteroatoms. The van der Waals surface area contributed by atoms with Crippen LogP contribution >= 0.6 is 12.2 Å². The van der Waals surface area contributed by atoms with Crippen LogP contribution in [-0.4, -0.2) is 5.11 Å². The molecule has 2 nitrogen and oxygen atoms in total. The van der Waals surface area contributed by atoms with E-state index in [-0.39, 0.29) is 10.9 Å². The molecule has 0 aliphatic carbocycles. The predicted molar refractivity (Wildman–Crippen MR) is 41.3 cm³/mol. The van der Waals surface area contributed by atoms with Gasteiger partial charge in [-0.25, -0.2) is 14.4 Å². The second-order valence-electron chi connectivity index (χ2n) is 2.14. The first-order chi connectivity index (χ1) is 5.25. The van der Waals surface area contributed by atoms with Gasteiger partial charge in [0.25, 0.3) is 0 Å². The predicted octanol–water partition coefficient (Wildman–Crippen LogP) is 0.363. The van der Waals surface area contributed by atoms with Crippen molar-refractivity contribution in [2.75, 3.05) is 0 Å². The fourth-order valence-electron chi connectivity index (χ4n) is 0.912. The van der Waals surface area contributed by atoms with E-state index in [4.69, 9.17) is 12.2 Å². The number of nitrogens with zero attached hydrogens (tertiary/aromatic N) is 2. The molecule has 1 aromatic rings. The van der Waals surface area contributed by atoms with Gasteiger partial charge in [0.2, 0.25) is 5.11 Å². The summed E-state index contributed by atoms with van der Waals surface area (Å²) in [6.45, 7) is 0. The molecule has 0 N–H and O–H groups in total. The van der Waals surface area contributed by atoms with E-state index < -0.39 is 0 Å². The topological polar surface area (TPSA) is 24.7 Å². The summed E-state index contributed by atoms with van der Waals surface area (Å²) in [7, 11) is 0. The first kappa shape index (κ1) is 6.54. The molecular formula is C7H3FN2S. The third-order valence-electron chi connectivity index (χ3n) is 1.37. The molecule has 0 radical (unpaired) electrons. The molecule has 1 aliphatic heterocycles. The fourth-order valence-corrected chi connectivity index (χ4v) is 1.11. The van der Waals surface area contributed by atoms with Gasteiger partial charge in [-0.05, 0) is 24.4 Å². The van der Waals surface area contributed by atoms with Crippen LogP contribution in [0.4, 0.5) is 4.39 Å². The second kappa shape index (κ2) is 2.17. The van der Waals surface area contributed by atoms with Crippen molar-refractivity contribution in [3.63, 3.8) is 0 Å². The number of benzene rings is 1. The van der Waals surface area contributed by atoms with Crippen molar-refractivity contribution < 1.29 is 4.39 Å². The van der Waals surface area contributed by atoms with Crippen LogP contribution in [0.3, 0.4) is 0 Å². The van der Waals surface area contributed by atoms with Gasteiger partial charge in [-0.1, -0.05) is 0 Å². The van der Waals surface area contributed by atoms with Crippen LogP contribution in [0, 0.1) is 5.82 Å². The quantitative estimate of drug-likeness (QED) is 0.511. The summed E-state index contributed by atoms with van der Waals surface area (Å²) in [5.41, 5.74) is 0. The Morgan fingerprint density at radius 1 is 1.18 bits per heavy atom. The van der Waals surface area contributed by atoms with Gasteiger partial charge in [-0.3, -0.25) is 0 Å². The molecule has 54 valence electrons. The van der Waals surface area contributed by atoms with Crippen LogP contribution in [-0.2, 0) is 0 Å². The highest BCUT2D eigenvalue weighted by molar-refractivity contribution is 7.80. The Hall–Kier alpha value is -1.16. The van der Waals surface area contributed by atoms with Crippen molar-refractivity contribution in [2.24, 2.45) is 9.98 Å². The fraction of sp³-hybridized carbons (Fsp3) is 0. The first-order valence-corrected chi connectivity index (χ1v) is 3.43. The Morgan fingerprint density at radius 2 is 1.91 bits per heavy atom. The van der Waals surface area contributed by atoms with Gasteiger partial charge in [0.15, 0.2) is 0 Å². The van der Waals surface area contributed by atoms with Gasteiger partial charge in [-0.15, -0.1) is 0 Å². The zero-order chi connectivity index (χ0) is 7.84. The Morgan fingerprint density at radius 3 is 2.73 bits per heavy atom. The van der Waals surface area contributed by atoms with E-state index in [2.05, 4.69) is 9.98 Å². The van der Waals surface area contributed by atoms with Gasteiger partial charge in [-0.2, -0.15) is 0 Å². The van der Waals surface area contributed by atoms with Crippen LogP contribution in [0.25, 0.3) is 0 Å². The molecule has 2 rings (SSSR count). The molecule has 1 aromatic carbocycles. The lowest BCUT2D eigenvalue weighted by molar-refractivity contribution is 0.625. The molecule has 0 saturated heterocycles. The Kier molecular flexibility index (Phi) is 1.29. The number of halogens is 1. The van der Waals surface area contributed by atoms with Gasteiger partial charge in [0.05, 0.1) is 10.7 Å². The van der Waals surface area contributed by atoms with Gasteiger partial charge >= 0.3 is 0 Å². The van der Waals surface area contributed by atoms with E-state index in [0.29, 0.717) is 10.7 Å². The Labute approximate surface area is 67.1 Å². The molecule has 0 spiro atoms. The largest absolute Gasteiger partial charge is 0.220 e. The van der Waals surface area contributed by atoms with E-state index >= 15 is 0 Å². The summed E-state index contributed by atoms with van der Waals surface area (Å²) in [5, 5.41) is 1.44. The lowest BCUT2D eigenvalue weighted by atomic mass is 10.3. The summed E-state index contributed by atoms with van der Waals surface area (Å²) in [6, 6.07) is 4.22. The lowest BCUT2D eigenvalue weighted by Gasteiger charge is -1.81. The Bertz CT molecular complexity index is 438. The number of thiocarbonyl (C=S) groups is 1. The molecule has 0 fully saturated rings. The molecule has 0 saturated carbocycles. The highest BCUT2D eigenvalue weighted by Gasteiger charge is 2.00. The highest BCUT2D eigenvalue weighted by Crippen LogP contribution is 1.90. The molecular weight excluding hydrogens is 163 g/mol. The number of rotatable bonds is 0. The van der Waals surface area contributed by atoms with Crippen LogP contribution in [0.15, 0.2) is 28.2 Å². The zero-order valence-corrected chi connectivity index (χ0v) is 6.23. The number of hydrogen-bond acceptors (Lipinski definition) is 1. The third kappa shape index (κ3) is 1.05. The summed E-state index contributed by atoms with van der Waals surface area (Å²) in [5.74, 6) is -0.313. The number of hydrogen-bond donors (Lipinski definition) is 0. The highest BCUT2D eigenvalue weighted by atomic mass is 32.1. The van der Waals surface area contributed by atoms with E-state index in [0.717, 1.165) is 0 Å². The molecule has 1 heterocycles.